The monoisotopic (exact) mass is 514 g/mol. The third-order valence-corrected chi connectivity index (χ3v) is 6.97. The number of imidazole rings is 1. The van der Waals surface area contributed by atoms with Gasteiger partial charge in [0.1, 0.15) is 11.4 Å². The van der Waals surface area contributed by atoms with Gasteiger partial charge >= 0.3 is 11.9 Å². The number of aliphatic hydroxyl groups excluding tert-OH is 1. The molecule has 1 aromatic carbocycles. The van der Waals surface area contributed by atoms with Crippen LogP contribution in [0.3, 0.4) is 0 Å². The van der Waals surface area contributed by atoms with E-state index in [1.807, 2.05) is 0 Å². The number of aliphatic hydroxyl groups is 2. The zero-order chi connectivity index (χ0) is 25.5. The molecule has 3 aromatic rings. The van der Waals surface area contributed by atoms with E-state index in [9.17, 15) is 33.0 Å². The summed E-state index contributed by atoms with van der Waals surface area (Å²) in [4.78, 5) is 30.7. The van der Waals surface area contributed by atoms with Crippen molar-refractivity contribution < 1.29 is 23.4 Å². The Morgan fingerprint density at radius 1 is 1.14 bits per heavy atom. The molecule has 2 N–H and O–H groups in total. The fourth-order valence-corrected chi connectivity index (χ4v) is 4.85. The molecule has 4 rings (SSSR count). The lowest BCUT2D eigenvalue weighted by Crippen LogP contribution is -2.40. The average Bonchev–Trinajstić information content (AvgIpc) is 3.19. The van der Waals surface area contributed by atoms with Crippen molar-refractivity contribution in [3.63, 3.8) is 0 Å². The second kappa shape index (κ2) is 9.44. The van der Waals surface area contributed by atoms with Crippen molar-refractivity contribution in [2.45, 2.75) is 57.0 Å². The molecule has 1 aliphatic carbocycles. The van der Waals surface area contributed by atoms with Gasteiger partial charge in [0.25, 0.3) is 5.56 Å². The number of alkyl halides is 3. The summed E-state index contributed by atoms with van der Waals surface area (Å²) in [7, 11) is 1.44. The molecule has 0 amide bonds. The number of benzene rings is 1. The van der Waals surface area contributed by atoms with Crippen LogP contribution in [-0.4, -0.2) is 41.7 Å². The molecule has 12 heteroatoms. The second-order valence-corrected chi connectivity index (χ2v) is 9.48. The van der Waals surface area contributed by atoms with Crippen LogP contribution >= 0.6 is 11.6 Å². The molecule has 1 saturated carbocycles. The zero-order valence-corrected chi connectivity index (χ0v) is 19.8. The second-order valence-electron chi connectivity index (χ2n) is 9.04. The van der Waals surface area contributed by atoms with Crippen LogP contribution in [-0.2, 0) is 25.7 Å². The molecule has 0 atom stereocenters. The number of aryl methyl sites for hydroxylation is 1. The van der Waals surface area contributed by atoms with E-state index < -0.39 is 28.9 Å². The number of aromatic nitrogens is 4. The van der Waals surface area contributed by atoms with E-state index in [4.69, 9.17) is 11.6 Å². The van der Waals surface area contributed by atoms with Gasteiger partial charge in [-0.25, -0.2) is 9.78 Å². The van der Waals surface area contributed by atoms with E-state index in [1.54, 1.807) is 24.3 Å². The van der Waals surface area contributed by atoms with Crippen molar-refractivity contribution in [3.8, 4) is 0 Å². The van der Waals surface area contributed by atoms with Gasteiger partial charge in [0.2, 0.25) is 0 Å². The minimum atomic E-state index is -4.35. The number of fused-ring (bicyclic) bond motifs is 1. The molecule has 0 spiro atoms. The Kier molecular flexibility index (Phi) is 6.87. The lowest BCUT2D eigenvalue weighted by molar-refractivity contribution is -0.193. The van der Waals surface area contributed by atoms with Crippen molar-refractivity contribution in [2.75, 3.05) is 6.61 Å². The third kappa shape index (κ3) is 4.76. The number of hydrogen-bond acceptors (Lipinski definition) is 5. The summed E-state index contributed by atoms with van der Waals surface area (Å²) in [6.07, 6.45) is -5.09. The largest absolute Gasteiger partial charge is 0.396 e. The average molecular weight is 515 g/mol. The number of nitrogens with zero attached hydrogens (tertiary/aromatic N) is 4. The maximum Gasteiger partial charge on any atom is 0.391 e. The molecular weight excluding hydrogens is 489 g/mol. The third-order valence-electron chi connectivity index (χ3n) is 6.72. The quantitative estimate of drug-likeness (QED) is 0.526. The summed E-state index contributed by atoms with van der Waals surface area (Å²) in [5.41, 5.74) is -2.16. The first-order valence-electron chi connectivity index (χ1n) is 11.3. The van der Waals surface area contributed by atoms with Gasteiger partial charge in [-0.05, 0) is 49.8 Å². The molecule has 8 nitrogen and oxygen atoms in total. The summed E-state index contributed by atoms with van der Waals surface area (Å²) in [5.74, 6) is -1.47. The standard InChI is InChI=1S/C23H26ClF3N4O4/c1-29-18-17(19(33)30(21(29)34)11-2-12-32)31(13-14-3-5-16(24)6-4-14)20(28-18)22(35)9-7-15(8-10-22)23(25,26)27/h3-6,15,32,35H,2,7-13H2,1H3. The van der Waals surface area contributed by atoms with E-state index in [-0.39, 0.29) is 68.8 Å². The van der Waals surface area contributed by atoms with Crippen molar-refractivity contribution in [3.05, 3.63) is 61.5 Å². The first kappa shape index (κ1) is 25.5. The normalized spacial score (nSPS) is 21.1. The molecule has 2 aromatic heterocycles. The first-order valence-corrected chi connectivity index (χ1v) is 11.7. The van der Waals surface area contributed by atoms with Crippen molar-refractivity contribution in [2.24, 2.45) is 13.0 Å². The number of hydrogen-bond donors (Lipinski definition) is 2. The highest BCUT2D eigenvalue weighted by atomic mass is 35.5. The maximum atomic E-state index is 13.4. The van der Waals surface area contributed by atoms with Crippen LogP contribution in [0, 0.1) is 5.92 Å². The van der Waals surface area contributed by atoms with Crippen molar-refractivity contribution in [1.29, 1.82) is 0 Å². The lowest BCUT2D eigenvalue weighted by Gasteiger charge is -2.36. The van der Waals surface area contributed by atoms with E-state index in [2.05, 4.69) is 4.98 Å². The van der Waals surface area contributed by atoms with Gasteiger partial charge in [-0.2, -0.15) is 13.2 Å². The molecule has 0 bridgehead atoms. The minimum absolute atomic E-state index is 0.0169. The fourth-order valence-electron chi connectivity index (χ4n) is 4.73. The minimum Gasteiger partial charge on any atom is -0.396 e. The van der Waals surface area contributed by atoms with Crippen LogP contribution in [0.5, 0.6) is 0 Å². The van der Waals surface area contributed by atoms with Gasteiger partial charge in [-0.15, -0.1) is 0 Å². The predicted octanol–water partition coefficient (Wildman–Crippen LogP) is 2.92. The van der Waals surface area contributed by atoms with Crippen LogP contribution < -0.4 is 11.2 Å². The number of halogens is 4. The van der Waals surface area contributed by atoms with E-state index in [1.165, 1.54) is 16.2 Å². The molecule has 0 unspecified atom stereocenters. The van der Waals surface area contributed by atoms with E-state index in [0.717, 1.165) is 10.1 Å². The first-order chi connectivity index (χ1) is 16.5. The van der Waals surface area contributed by atoms with E-state index in [0.29, 0.717) is 5.02 Å². The summed E-state index contributed by atoms with van der Waals surface area (Å²) in [5, 5.41) is 21.2. The Morgan fingerprint density at radius 2 is 1.77 bits per heavy atom. The summed E-state index contributed by atoms with van der Waals surface area (Å²) in [6, 6.07) is 6.78. The fraction of sp³-hybridized carbons (Fsp3) is 0.522. The molecule has 190 valence electrons. The highest BCUT2D eigenvalue weighted by molar-refractivity contribution is 6.30. The van der Waals surface area contributed by atoms with Gasteiger partial charge < -0.3 is 14.8 Å². The Balaban J connectivity index is 1.90. The SMILES string of the molecule is Cn1c(=O)n(CCCO)c(=O)c2c1nc(C1(O)CCC(C(F)(F)F)CC1)n2Cc1ccc(Cl)cc1. The maximum absolute atomic E-state index is 13.4. The summed E-state index contributed by atoms with van der Waals surface area (Å²) < 4.78 is 43.4. The Labute approximate surface area is 203 Å². The smallest absolute Gasteiger partial charge is 0.391 e. The van der Waals surface area contributed by atoms with Crippen LogP contribution in [0.15, 0.2) is 33.9 Å². The van der Waals surface area contributed by atoms with Gasteiger partial charge in [-0.3, -0.25) is 13.9 Å². The topological polar surface area (TPSA) is 102 Å². The molecule has 1 fully saturated rings. The zero-order valence-electron chi connectivity index (χ0n) is 19.1. The highest BCUT2D eigenvalue weighted by Gasteiger charge is 2.47. The van der Waals surface area contributed by atoms with Crippen LogP contribution in [0.2, 0.25) is 5.02 Å². The molecule has 0 saturated heterocycles. The molecule has 0 radical (unpaired) electrons. The van der Waals surface area contributed by atoms with Crippen molar-refractivity contribution >= 4 is 22.8 Å². The Hall–Kier alpha value is -2.63. The molecule has 35 heavy (non-hydrogen) atoms. The van der Waals surface area contributed by atoms with Crippen LogP contribution in [0.4, 0.5) is 13.2 Å². The van der Waals surface area contributed by atoms with Gasteiger partial charge in [-0.1, -0.05) is 23.7 Å². The predicted molar refractivity (Wildman–Crippen MR) is 123 cm³/mol. The van der Waals surface area contributed by atoms with Crippen molar-refractivity contribution in [1.82, 2.24) is 18.7 Å². The summed E-state index contributed by atoms with van der Waals surface area (Å²) in [6.45, 7) is -0.151. The number of rotatable bonds is 6. The Bertz CT molecular complexity index is 1340. The van der Waals surface area contributed by atoms with Gasteiger partial charge in [0.15, 0.2) is 11.2 Å². The highest BCUT2D eigenvalue weighted by Crippen LogP contribution is 2.45. The van der Waals surface area contributed by atoms with Crippen LogP contribution in [0.1, 0.15) is 43.5 Å². The van der Waals surface area contributed by atoms with Gasteiger partial charge in [0.05, 0.1) is 5.92 Å². The Morgan fingerprint density at radius 3 is 2.34 bits per heavy atom. The van der Waals surface area contributed by atoms with Crippen LogP contribution in [0.25, 0.3) is 11.2 Å². The molecule has 1 aliphatic rings. The van der Waals surface area contributed by atoms with Gasteiger partial charge in [0, 0.05) is 31.8 Å². The lowest BCUT2D eigenvalue weighted by atomic mass is 9.78. The molecular formula is C23H26ClF3N4O4. The molecule has 0 aliphatic heterocycles. The van der Waals surface area contributed by atoms with E-state index >= 15 is 0 Å². The molecule has 2 heterocycles. The summed E-state index contributed by atoms with van der Waals surface area (Å²) >= 11 is 5.98.